The molecule has 0 unspecified atom stereocenters. The maximum atomic E-state index is 10.8. The minimum Gasteiger partial charge on any atom is -0.490 e. The zero-order chi connectivity index (χ0) is 15.4. The molecular weight excluding hydrogens is 278 g/mol. The van der Waals surface area contributed by atoms with Gasteiger partial charge in [-0.2, -0.15) is 0 Å². The van der Waals surface area contributed by atoms with E-state index in [1.54, 1.807) is 12.4 Å². The molecule has 114 valence electrons. The first-order chi connectivity index (χ1) is 10.7. The number of carboxylic acids is 1. The van der Waals surface area contributed by atoms with E-state index in [9.17, 15) is 4.79 Å². The zero-order valence-corrected chi connectivity index (χ0v) is 12.4. The predicted octanol–water partition coefficient (Wildman–Crippen LogP) is 3.70. The lowest BCUT2D eigenvalue weighted by Crippen LogP contribution is -2.10. The summed E-state index contributed by atoms with van der Waals surface area (Å²) in [4.78, 5) is 15.0. The molecular formula is C18H19NO3. The van der Waals surface area contributed by atoms with E-state index < -0.39 is 5.97 Å². The van der Waals surface area contributed by atoms with Crippen molar-refractivity contribution in [2.24, 2.45) is 0 Å². The molecule has 0 amide bonds. The average molecular weight is 297 g/mol. The maximum absolute atomic E-state index is 10.8. The normalized spacial score (nSPS) is 14.9. The van der Waals surface area contributed by atoms with Crippen molar-refractivity contribution in [2.45, 2.75) is 38.2 Å². The minimum atomic E-state index is -0.850. The van der Waals surface area contributed by atoms with Gasteiger partial charge in [0.25, 0.3) is 0 Å². The van der Waals surface area contributed by atoms with Crippen LogP contribution >= 0.6 is 0 Å². The first-order valence-electron chi connectivity index (χ1n) is 7.63. The molecule has 1 aliphatic carbocycles. The van der Waals surface area contributed by atoms with E-state index in [-0.39, 0.29) is 6.42 Å². The Bertz CT molecular complexity index is 663. The van der Waals surface area contributed by atoms with Gasteiger partial charge in [-0.15, -0.1) is 0 Å². The van der Waals surface area contributed by atoms with Crippen LogP contribution in [0.1, 0.15) is 31.2 Å². The van der Waals surface area contributed by atoms with E-state index in [0.717, 1.165) is 29.7 Å². The Kier molecular flexibility index (Phi) is 4.37. The van der Waals surface area contributed by atoms with Crippen LogP contribution in [-0.2, 0) is 11.2 Å². The van der Waals surface area contributed by atoms with E-state index >= 15 is 0 Å². The predicted molar refractivity (Wildman–Crippen MR) is 83.9 cm³/mol. The van der Waals surface area contributed by atoms with Crippen LogP contribution in [0.4, 0.5) is 0 Å². The molecule has 4 heteroatoms. The van der Waals surface area contributed by atoms with Crippen molar-refractivity contribution >= 4 is 5.97 Å². The van der Waals surface area contributed by atoms with E-state index in [0.29, 0.717) is 11.7 Å². The van der Waals surface area contributed by atoms with Crippen molar-refractivity contribution in [2.75, 3.05) is 0 Å². The largest absolute Gasteiger partial charge is 0.490 e. The van der Waals surface area contributed by atoms with Crippen LogP contribution in [0.3, 0.4) is 0 Å². The zero-order valence-electron chi connectivity index (χ0n) is 12.4. The van der Waals surface area contributed by atoms with Gasteiger partial charge in [0, 0.05) is 18.0 Å². The van der Waals surface area contributed by atoms with Gasteiger partial charge in [0.05, 0.1) is 12.5 Å². The van der Waals surface area contributed by atoms with Gasteiger partial charge in [-0.1, -0.05) is 12.1 Å². The van der Waals surface area contributed by atoms with Gasteiger partial charge in [-0.25, -0.2) is 0 Å². The van der Waals surface area contributed by atoms with Crippen LogP contribution in [-0.4, -0.2) is 22.2 Å². The number of aliphatic carboxylic acids is 1. The molecule has 1 N–H and O–H groups in total. The third-order valence-corrected chi connectivity index (χ3v) is 3.92. The lowest BCUT2D eigenvalue weighted by molar-refractivity contribution is -0.136. The average Bonchev–Trinajstić information content (AvgIpc) is 3.00. The van der Waals surface area contributed by atoms with Gasteiger partial charge in [0.1, 0.15) is 5.75 Å². The molecule has 1 saturated carbocycles. The van der Waals surface area contributed by atoms with Crippen LogP contribution in [0, 0.1) is 0 Å². The minimum absolute atomic E-state index is 0.0148. The van der Waals surface area contributed by atoms with E-state index in [4.69, 9.17) is 9.84 Å². The van der Waals surface area contributed by atoms with Crippen molar-refractivity contribution in [3.63, 3.8) is 0 Å². The van der Waals surface area contributed by atoms with Crippen molar-refractivity contribution < 1.29 is 14.6 Å². The lowest BCUT2D eigenvalue weighted by atomic mass is 10.0. The first-order valence-corrected chi connectivity index (χ1v) is 7.63. The first kappa shape index (κ1) is 14.6. The highest BCUT2D eigenvalue weighted by atomic mass is 16.5. The summed E-state index contributed by atoms with van der Waals surface area (Å²) in [6, 6.07) is 9.79. The van der Waals surface area contributed by atoms with E-state index in [1.807, 2.05) is 30.3 Å². The Labute approximate surface area is 129 Å². The number of aromatic nitrogens is 1. The molecule has 0 radical (unpaired) electrons. The summed E-state index contributed by atoms with van der Waals surface area (Å²) in [6.45, 7) is 0. The molecule has 0 aliphatic heterocycles. The summed E-state index contributed by atoms with van der Waals surface area (Å²) >= 11 is 0. The highest BCUT2D eigenvalue weighted by Crippen LogP contribution is 2.28. The molecule has 4 nitrogen and oxygen atoms in total. The molecule has 0 saturated heterocycles. The van der Waals surface area contributed by atoms with Gasteiger partial charge in [-0.3, -0.25) is 9.78 Å². The number of carboxylic acid groups (broad SMARTS) is 1. The fraction of sp³-hybridized carbons (Fsp3) is 0.333. The van der Waals surface area contributed by atoms with Crippen LogP contribution in [0.5, 0.6) is 5.75 Å². The number of rotatable bonds is 5. The number of ether oxygens (including phenoxy) is 1. The molecule has 2 aromatic rings. The van der Waals surface area contributed by atoms with Crippen molar-refractivity contribution in [1.29, 1.82) is 0 Å². The molecule has 0 bridgehead atoms. The third kappa shape index (κ3) is 3.64. The van der Waals surface area contributed by atoms with Crippen molar-refractivity contribution in [3.05, 3.63) is 48.3 Å². The second-order valence-corrected chi connectivity index (χ2v) is 5.70. The fourth-order valence-corrected chi connectivity index (χ4v) is 2.86. The summed E-state index contributed by atoms with van der Waals surface area (Å²) in [6.07, 6.45) is 8.39. The van der Waals surface area contributed by atoms with Gasteiger partial charge in [0.2, 0.25) is 0 Å². The molecule has 3 rings (SSSR count). The van der Waals surface area contributed by atoms with Crippen LogP contribution in [0.2, 0.25) is 0 Å². The molecule has 1 aromatic heterocycles. The SMILES string of the molecule is O=C(O)Cc1cncc(-c2cccc(OC3CCCC3)c2)c1. The van der Waals surface area contributed by atoms with Gasteiger partial charge in [-0.05, 0) is 55.0 Å². The molecule has 1 fully saturated rings. The van der Waals surface area contributed by atoms with Gasteiger partial charge in [0.15, 0.2) is 0 Å². The lowest BCUT2D eigenvalue weighted by Gasteiger charge is -2.14. The van der Waals surface area contributed by atoms with Crippen LogP contribution < -0.4 is 4.74 Å². The topological polar surface area (TPSA) is 59.4 Å². The van der Waals surface area contributed by atoms with E-state index in [1.165, 1.54) is 12.8 Å². The van der Waals surface area contributed by atoms with Crippen LogP contribution in [0.25, 0.3) is 11.1 Å². The molecule has 22 heavy (non-hydrogen) atoms. The number of benzene rings is 1. The summed E-state index contributed by atoms with van der Waals surface area (Å²) in [5.41, 5.74) is 2.61. The highest BCUT2D eigenvalue weighted by Gasteiger charge is 2.16. The summed E-state index contributed by atoms with van der Waals surface area (Å²) < 4.78 is 6.02. The van der Waals surface area contributed by atoms with Gasteiger partial charge >= 0.3 is 5.97 Å². The number of hydrogen-bond acceptors (Lipinski definition) is 3. The number of nitrogens with zero attached hydrogens (tertiary/aromatic N) is 1. The molecule has 0 spiro atoms. The molecule has 1 aliphatic rings. The Morgan fingerprint density at radius 1 is 1.18 bits per heavy atom. The summed E-state index contributed by atoms with van der Waals surface area (Å²) in [5.74, 6) is 0.0188. The van der Waals surface area contributed by atoms with Crippen molar-refractivity contribution in [3.8, 4) is 16.9 Å². The second-order valence-electron chi connectivity index (χ2n) is 5.70. The van der Waals surface area contributed by atoms with Gasteiger partial charge < -0.3 is 9.84 Å². The van der Waals surface area contributed by atoms with Crippen molar-refractivity contribution in [1.82, 2.24) is 4.98 Å². The monoisotopic (exact) mass is 297 g/mol. The number of carbonyl (C=O) groups is 1. The Morgan fingerprint density at radius 3 is 2.77 bits per heavy atom. The van der Waals surface area contributed by atoms with Crippen LogP contribution in [0.15, 0.2) is 42.7 Å². The second kappa shape index (κ2) is 6.60. The standard InChI is InChI=1S/C18H19NO3/c20-18(21)9-13-8-15(12-19-11-13)14-4-3-7-17(10-14)22-16-5-1-2-6-16/h3-4,7-8,10-12,16H,1-2,5-6,9H2,(H,20,21). The smallest absolute Gasteiger partial charge is 0.307 e. The fourth-order valence-electron chi connectivity index (χ4n) is 2.86. The Hall–Kier alpha value is -2.36. The Morgan fingerprint density at radius 2 is 2.00 bits per heavy atom. The molecule has 1 heterocycles. The third-order valence-electron chi connectivity index (χ3n) is 3.92. The Balaban J connectivity index is 1.80. The molecule has 0 atom stereocenters. The summed E-state index contributed by atoms with van der Waals surface area (Å²) in [7, 11) is 0. The summed E-state index contributed by atoms with van der Waals surface area (Å²) in [5, 5.41) is 8.88. The number of hydrogen-bond donors (Lipinski definition) is 1. The highest BCUT2D eigenvalue weighted by molar-refractivity contribution is 5.72. The molecule has 1 aromatic carbocycles. The van der Waals surface area contributed by atoms with E-state index in [2.05, 4.69) is 4.98 Å². The number of pyridine rings is 1. The quantitative estimate of drug-likeness (QED) is 0.914. The maximum Gasteiger partial charge on any atom is 0.307 e.